The Morgan fingerprint density at radius 3 is 2.50 bits per heavy atom. The SMILES string of the molecule is CC[C@@H](NC(=O)C(O)c1cccnc1)c1ccccc1. The van der Waals surface area contributed by atoms with Crippen molar-refractivity contribution in [3.63, 3.8) is 0 Å². The Morgan fingerprint density at radius 2 is 1.90 bits per heavy atom. The van der Waals surface area contributed by atoms with Gasteiger partial charge in [0.25, 0.3) is 5.91 Å². The van der Waals surface area contributed by atoms with Crippen molar-refractivity contribution in [2.24, 2.45) is 0 Å². The number of nitrogens with one attached hydrogen (secondary N) is 1. The molecular formula is C16H18N2O2. The van der Waals surface area contributed by atoms with Crippen molar-refractivity contribution in [3.8, 4) is 0 Å². The predicted octanol–water partition coefficient (Wildman–Crippen LogP) is 2.38. The third-order valence-corrected chi connectivity index (χ3v) is 3.18. The highest BCUT2D eigenvalue weighted by molar-refractivity contribution is 5.82. The van der Waals surface area contributed by atoms with Crippen LogP contribution < -0.4 is 5.32 Å². The zero-order valence-corrected chi connectivity index (χ0v) is 11.4. The maximum atomic E-state index is 12.1. The van der Waals surface area contributed by atoms with Crippen LogP contribution in [0.4, 0.5) is 0 Å². The minimum Gasteiger partial charge on any atom is -0.378 e. The molecule has 104 valence electrons. The Hall–Kier alpha value is -2.20. The molecule has 0 fully saturated rings. The van der Waals surface area contributed by atoms with E-state index in [4.69, 9.17) is 0 Å². The summed E-state index contributed by atoms with van der Waals surface area (Å²) in [5.74, 6) is -0.409. The van der Waals surface area contributed by atoms with Crippen molar-refractivity contribution >= 4 is 5.91 Å². The third kappa shape index (κ3) is 3.42. The Bertz CT molecular complexity index is 543. The van der Waals surface area contributed by atoms with E-state index in [1.807, 2.05) is 37.3 Å². The first-order chi connectivity index (χ1) is 9.72. The van der Waals surface area contributed by atoms with Gasteiger partial charge in [0, 0.05) is 18.0 Å². The molecule has 1 aromatic carbocycles. The van der Waals surface area contributed by atoms with Gasteiger partial charge in [-0.05, 0) is 18.1 Å². The molecule has 20 heavy (non-hydrogen) atoms. The molecule has 1 heterocycles. The Kier molecular flexibility index (Phi) is 4.85. The zero-order valence-electron chi connectivity index (χ0n) is 11.4. The van der Waals surface area contributed by atoms with Gasteiger partial charge in [0.2, 0.25) is 0 Å². The van der Waals surface area contributed by atoms with Gasteiger partial charge >= 0.3 is 0 Å². The van der Waals surface area contributed by atoms with Crippen LogP contribution in [0.2, 0.25) is 0 Å². The van der Waals surface area contributed by atoms with Crippen LogP contribution in [0.5, 0.6) is 0 Å². The van der Waals surface area contributed by atoms with E-state index in [2.05, 4.69) is 10.3 Å². The Morgan fingerprint density at radius 1 is 1.20 bits per heavy atom. The fourth-order valence-corrected chi connectivity index (χ4v) is 2.05. The van der Waals surface area contributed by atoms with E-state index in [-0.39, 0.29) is 6.04 Å². The first-order valence-corrected chi connectivity index (χ1v) is 6.65. The van der Waals surface area contributed by atoms with Crippen molar-refractivity contribution in [2.45, 2.75) is 25.5 Å². The molecule has 0 saturated heterocycles. The van der Waals surface area contributed by atoms with Gasteiger partial charge in [0.15, 0.2) is 6.10 Å². The lowest BCUT2D eigenvalue weighted by Gasteiger charge is -2.19. The van der Waals surface area contributed by atoms with Gasteiger partial charge in [-0.3, -0.25) is 9.78 Å². The first-order valence-electron chi connectivity index (χ1n) is 6.65. The number of amides is 1. The minimum absolute atomic E-state index is 0.102. The van der Waals surface area contributed by atoms with E-state index < -0.39 is 12.0 Å². The number of aliphatic hydroxyl groups excluding tert-OH is 1. The molecule has 0 aliphatic rings. The normalized spacial score (nSPS) is 13.5. The lowest BCUT2D eigenvalue weighted by atomic mass is 10.0. The van der Waals surface area contributed by atoms with E-state index in [1.54, 1.807) is 18.3 Å². The molecule has 2 rings (SSSR count). The summed E-state index contributed by atoms with van der Waals surface area (Å²) >= 11 is 0. The van der Waals surface area contributed by atoms with E-state index in [0.717, 1.165) is 12.0 Å². The largest absolute Gasteiger partial charge is 0.378 e. The molecule has 0 saturated carbocycles. The van der Waals surface area contributed by atoms with E-state index in [0.29, 0.717) is 5.56 Å². The molecule has 2 aromatic rings. The quantitative estimate of drug-likeness (QED) is 0.877. The average molecular weight is 270 g/mol. The highest BCUT2D eigenvalue weighted by atomic mass is 16.3. The highest BCUT2D eigenvalue weighted by Crippen LogP contribution is 2.18. The van der Waals surface area contributed by atoms with Crippen LogP contribution in [0.3, 0.4) is 0 Å². The zero-order chi connectivity index (χ0) is 14.4. The van der Waals surface area contributed by atoms with Crippen LogP contribution in [0.15, 0.2) is 54.9 Å². The number of pyridine rings is 1. The molecule has 0 bridgehead atoms. The number of rotatable bonds is 5. The summed E-state index contributed by atoms with van der Waals surface area (Å²) in [5, 5.41) is 12.9. The standard InChI is InChI=1S/C16H18N2O2/c1-2-14(12-7-4-3-5-8-12)18-16(20)15(19)13-9-6-10-17-11-13/h3-11,14-15,19H,2H2,1H3,(H,18,20)/t14-,15?/m1/s1. The van der Waals surface area contributed by atoms with E-state index in [9.17, 15) is 9.90 Å². The summed E-state index contributed by atoms with van der Waals surface area (Å²) in [6.07, 6.45) is 2.66. The van der Waals surface area contributed by atoms with Crippen LogP contribution in [0, 0.1) is 0 Å². The van der Waals surface area contributed by atoms with Gasteiger partial charge in [-0.2, -0.15) is 0 Å². The first kappa shape index (κ1) is 14.2. The summed E-state index contributed by atoms with van der Waals surface area (Å²) in [4.78, 5) is 16.0. The molecule has 0 aliphatic heterocycles. The molecule has 4 nitrogen and oxygen atoms in total. The third-order valence-electron chi connectivity index (χ3n) is 3.18. The smallest absolute Gasteiger partial charge is 0.254 e. The molecule has 0 radical (unpaired) electrons. The summed E-state index contributed by atoms with van der Waals surface area (Å²) in [5.41, 5.74) is 1.52. The summed E-state index contributed by atoms with van der Waals surface area (Å²) in [6, 6.07) is 13.0. The number of hydrogen-bond donors (Lipinski definition) is 2. The van der Waals surface area contributed by atoms with Gasteiger partial charge in [-0.1, -0.05) is 43.3 Å². The number of aromatic nitrogens is 1. The Balaban J connectivity index is 2.06. The predicted molar refractivity (Wildman–Crippen MR) is 76.8 cm³/mol. The second-order valence-electron chi connectivity index (χ2n) is 4.57. The fourth-order valence-electron chi connectivity index (χ4n) is 2.05. The van der Waals surface area contributed by atoms with Crippen LogP contribution in [0.1, 0.15) is 36.6 Å². The van der Waals surface area contributed by atoms with Crippen molar-refractivity contribution in [1.29, 1.82) is 0 Å². The molecule has 1 aromatic heterocycles. The van der Waals surface area contributed by atoms with Crippen molar-refractivity contribution in [1.82, 2.24) is 10.3 Å². The maximum absolute atomic E-state index is 12.1. The second kappa shape index (κ2) is 6.82. The van der Waals surface area contributed by atoms with Gasteiger partial charge in [0.05, 0.1) is 6.04 Å². The van der Waals surface area contributed by atoms with Crippen LogP contribution in [0.25, 0.3) is 0 Å². The molecule has 4 heteroatoms. The van der Waals surface area contributed by atoms with Gasteiger partial charge < -0.3 is 10.4 Å². The number of nitrogens with zero attached hydrogens (tertiary/aromatic N) is 1. The topological polar surface area (TPSA) is 62.2 Å². The molecule has 0 spiro atoms. The second-order valence-corrected chi connectivity index (χ2v) is 4.57. The van der Waals surface area contributed by atoms with Crippen molar-refractivity contribution in [3.05, 3.63) is 66.0 Å². The number of carbonyl (C=O) groups excluding carboxylic acids is 1. The summed E-state index contributed by atoms with van der Waals surface area (Å²) < 4.78 is 0. The monoisotopic (exact) mass is 270 g/mol. The molecule has 1 unspecified atom stereocenters. The number of carbonyl (C=O) groups is 1. The van der Waals surface area contributed by atoms with Crippen molar-refractivity contribution in [2.75, 3.05) is 0 Å². The fraction of sp³-hybridized carbons (Fsp3) is 0.250. The number of hydrogen-bond acceptors (Lipinski definition) is 3. The lowest BCUT2D eigenvalue weighted by Crippen LogP contribution is -2.32. The molecular weight excluding hydrogens is 252 g/mol. The molecule has 2 atom stereocenters. The number of benzene rings is 1. The number of aliphatic hydroxyl groups is 1. The summed E-state index contributed by atoms with van der Waals surface area (Å²) in [7, 11) is 0. The van der Waals surface area contributed by atoms with Crippen LogP contribution >= 0.6 is 0 Å². The van der Waals surface area contributed by atoms with Gasteiger partial charge in [-0.25, -0.2) is 0 Å². The van der Waals surface area contributed by atoms with E-state index >= 15 is 0 Å². The Labute approximate surface area is 118 Å². The average Bonchev–Trinajstić information content (AvgIpc) is 2.53. The highest BCUT2D eigenvalue weighted by Gasteiger charge is 2.20. The van der Waals surface area contributed by atoms with Gasteiger partial charge in [-0.15, -0.1) is 0 Å². The van der Waals surface area contributed by atoms with Crippen LogP contribution in [-0.2, 0) is 4.79 Å². The molecule has 1 amide bonds. The van der Waals surface area contributed by atoms with E-state index in [1.165, 1.54) is 6.20 Å². The lowest BCUT2D eigenvalue weighted by molar-refractivity contribution is -0.130. The maximum Gasteiger partial charge on any atom is 0.254 e. The van der Waals surface area contributed by atoms with Crippen molar-refractivity contribution < 1.29 is 9.90 Å². The molecule has 0 aliphatic carbocycles. The summed E-state index contributed by atoms with van der Waals surface area (Å²) in [6.45, 7) is 1.99. The van der Waals surface area contributed by atoms with Gasteiger partial charge in [0.1, 0.15) is 0 Å². The minimum atomic E-state index is -1.19. The molecule has 2 N–H and O–H groups in total. The van der Waals surface area contributed by atoms with Crippen LogP contribution in [-0.4, -0.2) is 16.0 Å².